The first-order valence-electron chi connectivity index (χ1n) is 8.52. The molecule has 9 heteroatoms. The van der Waals surface area contributed by atoms with E-state index in [9.17, 15) is 26.8 Å². The molecule has 0 atom stereocenters. The monoisotopic (exact) mass is 411 g/mol. The molecule has 1 N–H and O–H groups in total. The summed E-state index contributed by atoms with van der Waals surface area (Å²) < 4.78 is 55.1. The van der Waals surface area contributed by atoms with Crippen LogP contribution in [0, 0.1) is 12.3 Å². The van der Waals surface area contributed by atoms with Crippen LogP contribution in [0.2, 0.25) is 0 Å². The molecule has 1 aliphatic carbocycles. The fraction of sp³-hybridized carbons (Fsp3) is 0.368. The third-order valence-electron chi connectivity index (χ3n) is 4.66. The van der Waals surface area contributed by atoms with E-state index in [0.29, 0.717) is 29.7 Å². The molecule has 0 unspecified atom stereocenters. The summed E-state index contributed by atoms with van der Waals surface area (Å²) in [6, 6.07) is 4.89. The molecule has 1 heterocycles. The maximum Gasteiger partial charge on any atom is 0.341 e. The van der Waals surface area contributed by atoms with Gasteiger partial charge in [-0.05, 0) is 24.5 Å². The largest absolute Gasteiger partial charge is 0.455 e. The zero-order valence-corrected chi connectivity index (χ0v) is 16.3. The Morgan fingerprint density at radius 2 is 1.86 bits per heavy atom. The standard InChI is InChI=1S/C19H19F2NO5S/c1-10-15-12(23)8-19(2,3)9-13(15)27-16(10)17(24)22-11-6-4-5-7-14(11)28(25,26)18(20)21/h4-7,18H,8-9H2,1-3H3,(H,22,24). The molecule has 0 aliphatic heterocycles. The van der Waals surface area contributed by atoms with Gasteiger partial charge in [0, 0.05) is 18.4 Å². The number of carbonyl (C=O) groups excluding carboxylic acids is 2. The van der Waals surface area contributed by atoms with Gasteiger partial charge in [0.05, 0.1) is 16.1 Å². The third-order valence-corrected chi connectivity index (χ3v) is 6.10. The highest BCUT2D eigenvalue weighted by molar-refractivity contribution is 7.91. The van der Waals surface area contributed by atoms with E-state index in [1.54, 1.807) is 6.92 Å². The summed E-state index contributed by atoms with van der Waals surface area (Å²) in [5.74, 6) is -4.30. The minimum atomic E-state index is -4.90. The van der Waals surface area contributed by atoms with Crippen molar-refractivity contribution in [3.05, 3.63) is 46.9 Å². The van der Waals surface area contributed by atoms with E-state index in [4.69, 9.17) is 4.42 Å². The van der Waals surface area contributed by atoms with Crippen LogP contribution in [0.4, 0.5) is 14.5 Å². The number of amides is 1. The lowest BCUT2D eigenvalue weighted by molar-refractivity contribution is 0.0898. The van der Waals surface area contributed by atoms with Crippen LogP contribution in [-0.4, -0.2) is 25.9 Å². The van der Waals surface area contributed by atoms with Crippen molar-refractivity contribution >= 4 is 27.2 Å². The molecule has 0 saturated carbocycles. The molecule has 6 nitrogen and oxygen atoms in total. The van der Waals surface area contributed by atoms with E-state index in [2.05, 4.69) is 5.32 Å². The molecule has 1 aromatic carbocycles. The van der Waals surface area contributed by atoms with Crippen molar-refractivity contribution in [2.45, 2.75) is 44.3 Å². The zero-order chi connectivity index (χ0) is 20.9. The normalized spacial score (nSPS) is 16.1. The van der Waals surface area contributed by atoms with Gasteiger partial charge in [0.1, 0.15) is 5.76 Å². The van der Waals surface area contributed by atoms with Crippen LogP contribution in [0.5, 0.6) is 0 Å². The number of hydrogen-bond donors (Lipinski definition) is 1. The second-order valence-electron chi connectivity index (χ2n) is 7.55. The van der Waals surface area contributed by atoms with Crippen LogP contribution in [0.15, 0.2) is 33.6 Å². The van der Waals surface area contributed by atoms with Gasteiger partial charge in [0.15, 0.2) is 11.5 Å². The Morgan fingerprint density at radius 1 is 1.21 bits per heavy atom. The lowest BCUT2D eigenvalue weighted by atomic mass is 9.76. The fourth-order valence-electron chi connectivity index (χ4n) is 3.39. The van der Waals surface area contributed by atoms with Gasteiger partial charge in [-0.2, -0.15) is 8.78 Å². The second-order valence-corrected chi connectivity index (χ2v) is 9.44. The van der Waals surface area contributed by atoms with Crippen molar-refractivity contribution in [1.82, 2.24) is 0 Å². The number of halogens is 2. The maximum atomic E-state index is 12.9. The molecule has 0 fully saturated rings. The van der Waals surface area contributed by atoms with Crippen molar-refractivity contribution in [3.63, 3.8) is 0 Å². The number of rotatable bonds is 4. The molecule has 150 valence electrons. The Labute approximate surface area is 160 Å². The maximum absolute atomic E-state index is 12.9. The number of benzene rings is 1. The first-order chi connectivity index (χ1) is 12.9. The Hall–Kier alpha value is -2.55. The van der Waals surface area contributed by atoms with Crippen molar-refractivity contribution in [3.8, 4) is 0 Å². The number of sulfone groups is 1. The zero-order valence-electron chi connectivity index (χ0n) is 15.5. The molecular formula is C19H19F2NO5S. The highest BCUT2D eigenvalue weighted by Crippen LogP contribution is 2.38. The number of alkyl halides is 2. The molecule has 1 amide bonds. The predicted molar refractivity (Wildman–Crippen MR) is 97.5 cm³/mol. The molecule has 1 aromatic heterocycles. The minimum Gasteiger partial charge on any atom is -0.455 e. The van der Waals surface area contributed by atoms with Crippen LogP contribution in [0.1, 0.15) is 52.5 Å². The number of furan rings is 1. The lowest BCUT2D eigenvalue weighted by Crippen LogP contribution is -2.26. The Morgan fingerprint density at radius 3 is 2.50 bits per heavy atom. The van der Waals surface area contributed by atoms with Gasteiger partial charge >= 0.3 is 5.76 Å². The first-order valence-corrected chi connectivity index (χ1v) is 10.1. The van der Waals surface area contributed by atoms with Gasteiger partial charge in [-0.1, -0.05) is 26.0 Å². The molecule has 1 aliphatic rings. The van der Waals surface area contributed by atoms with Gasteiger partial charge in [-0.15, -0.1) is 0 Å². The predicted octanol–water partition coefficient (Wildman–Crippen LogP) is 3.99. The molecule has 0 spiro atoms. The van der Waals surface area contributed by atoms with E-state index < -0.39 is 26.4 Å². The van der Waals surface area contributed by atoms with Crippen LogP contribution in [0.3, 0.4) is 0 Å². The summed E-state index contributed by atoms with van der Waals surface area (Å²) in [5.41, 5.74) is 0.119. The minimum absolute atomic E-state index is 0.132. The van der Waals surface area contributed by atoms with Crippen molar-refractivity contribution in [2.75, 3.05) is 5.32 Å². The van der Waals surface area contributed by atoms with E-state index in [0.717, 1.165) is 6.07 Å². The second kappa shape index (κ2) is 6.80. The number of fused-ring (bicyclic) bond motifs is 1. The summed E-state index contributed by atoms with van der Waals surface area (Å²) in [4.78, 5) is 24.4. The molecule has 28 heavy (non-hydrogen) atoms. The highest BCUT2D eigenvalue weighted by Gasteiger charge is 2.37. The van der Waals surface area contributed by atoms with E-state index >= 15 is 0 Å². The van der Waals surface area contributed by atoms with Gasteiger partial charge in [-0.25, -0.2) is 8.42 Å². The summed E-state index contributed by atoms with van der Waals surface area (Å²) in [6.07, 6.45) is 0.787. The number of para-hydroxylation sites is 1. The van der Waals surface area contributed by atoms with Crippen LogP contribution in [-0.2, 0) is 16.3 Å². The average molecular weight is 411 g/mol. The summed E-state index contributed by atoms with van der Waals surface area (Å²) in [6.45, 7) is 5.39. The Kier molecular flexibility index (Phi) is 4.91. The van der Waals surface area contributed by atoms with Gasteiger partial charge < -0.3 is 9.73 Å². The van der Waals surface area contributed by atoms with E-state index in [1.807, 2.05) is 13.8 Å². The van der Waals surface area contributed by atoms with E-state index in [-0.39, 0.29) is 22.6 Å². The number of ketones is 1. The summed E-state index contributed by atoms with van der Waals surface area (Å²) >= 11 is 0. The number of nitrogens with one attached hydrogen (secondary N) is 1. The number of hydrogen-bond acceptors (Lipinski definition) is 5. The molecule has 0 saturated heterocycles. The topological polar surface area (TPSA) is 93.4 Å². The quantitative estimate of drug-likeness (QED) is 0.821. The SMILES string of the molecule is Cc1c(C(=O)Nc2ccccc2S(=O)(=O)C(F)F)oc2c1C(=O)CC(C)(C)C2. The third kappa shape index (κ3) is 3.46. The highest BCUT2D eigenvalue weighted by atomic mass is 32.2. The Balaban J connectivity index is 1.98. The van der Waals surface area contributed by atoms with Gasteiger partial charge in [-0.3, -0.25) is 9.59 Å². The van der Waals surface area contributed by atoms with Crippen LogP contribution in [0.25, 0.3) is 0 Å². The van der Waals surface area contributed by atoms with Gasteiger partial charge in [0.25, 0.3) is 5.91 Å². The number of anilines is 1. The van der Waals surface area contributed by atoms with Gasteiger partial charge in [0.2, 0.25) is 9.84 Å². The molecule has 3 rings (SSSR count). The molecule has 0 radical (unpaired) electrons. The summed E-state index contributed by atoms with van der Waals surface area (Å²) in [5, 5.41) is 2.32. The van der Waals surface area contributed by atoms with Crippen LogP contribution >= 0.6 is 0 Å². The van der Waals surface area contributed by atoms with E-state index in [1.165, 1.54) is 18.2 Å². The molecule has 2 aromatic rings. The number of Topliss-reactive ketones (excluding diaryl/α,β-unsaturated/α-hetero) is 1. The smallest absolute Gasteiger partial charge is 0.341 e. The number of carbonyl (C=O) groups is 2. The molecular weight excluding hydrogens is 392 g/mol. The average Bonchev–Trinajstić information content (AvgIpc) is 2.90. The lowest BCUT2D eigenvalue weighted by Gasteiger charge is -2.27. The fourth-order valence-corrected chi connectivity index (χ4v) is 4.28. The Bertz CT molecular complexity index is 1070. The van der Waals surface area contributed by atoms with Crippen molar-refractivity contribution < 1.29 is 31.2 Å². The van der Waals surface area contributed by atoms with Crippen LogP contribution < -0.4 is 5.32 Å². The first kappa shape index (κ1) is 20.2. The van der Waals surface area contributed by atoms with Crippen molar-refractivity contribution in [1.29, 1.82) is 0 Å². The van der Waals surface area contributed by atoms with Crippen molar-refractivity contribution in [2.24, 2.45) is 5.41 Å². The molecule has 0 bridgehead atoms. The summed E-state index contributed by atoms with van der Waals surface area (Å²) in [7, 11) is -4.90.